The normalized spacial score (nSPS) is 26.0. The lowest BCUT2D eigenvalue weighted by atomic mass is 9.95. The molecule has 1 saturated heterocycles. The van der Waals surface area contributed by atoms with Crippen molar-refractivity contribution in [3.05, 3.63) is 29.8 Å². The zero-order valence-electron chi connectivity index (χ0n) is 12.0. The van der Waals surface area contributed by atoms with Crippen molar-refractivity contribution in [3.8, 4) is 0 Å². The summed E-state index contributed by atoms with van der Waals surface area (Å²) in [5.41, 5.74) is 8.86. The van der Waals surface area contributed by atoms with E-state index in [0.717, 1.165) is 12.0 Å². The quantitative estimate of drug-likeness (QED) is 0.892. The molecule has 2 nitrogen and oxygen atoms in total. The van der Waals surface area contributed by atoms with Gasteiger partial charge in [0.1, 0.15) is 0 Å². The van der Waals surface area contributed by atoms with E-state index in [9.17, 15) is 0 Å². The molecule has 0 amide bonds. The smallest absolute Gasteiger partial charge is 0.0417 e. The predicted molar refractivity (Wildman–Crippen MR) is 81.4 cm³/mol. The van der Waals surface area contributed by atoms with Crippen LogP contribution >= 0.6 is 0 Å². The SMILES string of the molecule is C[C@H](N)c1ccccc1N1CCCC1C1CCCC1. The second kappa shape index (κ2) is 5.54. The first-order valence-corrected chi connectivity index (χ1v) is 7.88. The van der Waals surface area contributed by atoms with E-state index < -0.39 is 0 Å². The van der Waals surface area contributed by atoms with Crippen LogP contribution in [0.25, 0.3) is 0 Å². The fourth-order valence-corrected chi connectivity index (χ4v) is 4.06. The van der Waals surface area contributed by atoms with Crippen LogP contribution < -0.4 is 10.6 Å². The summed E-state index contributed by atoms with van der Waals surface area (Å²) in [6.45, 7) is 3.31. The van der Waals surface area contributed by atoms with Crippen molar-refractivity contribution >= 4 is 5.69 Å². The van der Waals surface area contributed by atoms with Gasteiger partial charge in [0.2, 0.25) is 0 Å². The lowest BCUT2D eigenvalue weighted by molar-refractivity contribution is 0.430. The summed E-state index contributed by atoms with van der Waals surface area (Å²) >= 11 is 0. The van der Waals surface area contributed by atoms with Crippen molar-refractivity contribution in [2.45, 2.75) is 57.5 Å². The Balaban J connectivity index is 1.87. The lowest BCUT2D eigenvalue weighted by Crippen LogP contribution is -2.35. The Hall–Kier alpha value is -1.02. The van der Waals surface area contributed by atoms with Crippen LogP contribution in [0.5, 0.6) is 0 Å². The average Bonchev–Trinajstić information content (AvgIpc) is 3.09. The number of hydrogen-bond donors (Lipinski definition) is 1. The molecule has 0 bridgehead atoms. The molecule has 0 aromatic heterocycles. The summed E-state index contributed by atoms with van der Waals surface area (Å²) in [5, 5.41) is 0. The molecule has 0 spiro atoms. The van der Waals surface area contributed by atoms with Crippen molar-refractivity contribution in [1.29, 1.82) is 0 Å². The van der Waals surface area contributed by atoms with Crippen molar-refractivity contribution in [1.82, 2.24) is 0 Å². The van der Waals surface area contributed by atoms with Crippen molar-refractivity contribution < 1.29 is 0 Å². The topological polar surface area (TPSA) is 29.3 Å². The highest BCUT2D eigenvalue weighted by atomic mass is 15.2. The number of rotatable bonds is 3. The number of para-hydroxylation sites is 1. The Bertz CT molecular complexity index is 421. The third kappa shape index (κ3) is 2.51. The molecule has 1 aliphatic heterocycles. The Labute approximate surface area is 117 Å². The van der Waals surface area contributed by atoms with Gasteiger partial charge in [-0.15, -0.1) is 0 Å². The van der Waals surface area contributed by atoms with Crippen LogP contribution in [-0.2, 0) is 0 Å². The largest absolute Gasteiger partial charge is 0.368 e. The van der Waals surface area contributed by atoms with Crippen molar-refractivity contribution in [2.75, 3.05) is 11.4 Å². The van der Waals surface area contributed by atoms with Gasteiger partial charge in [0.15, 0.2) is 0 Å². The number of nitrogens with two attached hydrogens (primary N) is 1. The molecule has 1 aromatic carbocycles. The van der Waals surface area contributed by atoms with E-state index in [1.165, 1.54) is 56.3 Å². The summed E-state index contributed by atoms with van der Waals surface area (Å²) in [4.78, 5) is 2.66. The molecule has 2 aliphatic rings. The van der Waals surface area contributed by atoms with Crippen LogP contribution in [0.4, 0.5) is 5.69 Å². The molecule has 2 heteroatoms. The third-order valence-corrected chi connectivity index (χ3v) is 4.98. The Morgan fingerprint density at radius 2 is 1.84 bits per heavy atom. The minimum absolute atomic E-state index is 0.126. The summed E-state index contributed by atoms with van der Waals surface area (Å²) < 4.78 is 0. The van der Waals surface area contributed by atoms with Gasteiger partial charge in [-0.1, -0.05) is 31.0 Å². The molecule has 1 unspecified atom stereocenters. The first-order valence-electron chi connectivity index (χ1n) is 7.88. The molecule has 1 aromatic rings. The Morgan fingerprint density at radius 3 is 2.58 bits per heavy atom. The van der Waals surface area contributed by atoms with Gasteiger partial charge in [0, 0.05) is 24.3 Å². The minimum Gasteiger partial charge on any atom is -0.368 e. The van der Waals surface area contributed by atoms with Crippen molar-refractivity contribution in [2.24, 2.45) is 11.7 Å². The van der Waals surface area contributed by atoms with Gasteiger partial charge in [-0.05, 0) is 50.2 Å². The third-order valence-electron chi connectivity index (χ3n) is 4.98. The van der Waals surface area contributed by atoms with Gasteiger partial charge in [-0.3, -0.25) is 0 Å². The van der Waals surface area contributed by atoms with Crippen LogP contribution in [0.2, 0.25) is 0 Å². The molecule has 2 fully saturated rings. The number of anilines is 1. The molecule has 1 aliphatic carbocycles. The molecule has 3 rings (SSSR count). The van der Waals surface area contributed by atoms with E-state index in [-0.39, 0.29) is 6.04 Å². The fraction of sp³-hybridized carbons (Fsp3) is 0.647. The molecule has 104 valence electrons. The second-order valence-electron chi connectivity index (χ2n) is 6.29. The van der Waals surface area contributed by atoms with E-state index in [2.05, 4.69) is 36.1 Å². The van der Waals surface area contributed by atoms with Crippen LogP contribution in [0.15, 0.2) is 24.3 Å². The molecule has 2 N–H and O–H groups in total. The molecular weight excluding hydrogens is 232 g/mol. The zero-order valence-corrected chi connectivity index (χ0v) is 12.0. The highest BCUT2D eigenvalue weighted by molar-refractivity contribution is 5.56. The number of nitrogens with zero attached hydrogens (tertiary/aromatic N) is 1. The van der Waals surface area contributed by atoms with Gasteiger partial charge >= 0.3 is 0 Å². The monoisotopic (exact) mass is 258 g/mol. The minimum atomic E-state index is 0.126. The van der Waals surface area contributed by atoms with E-state index in [1.807, 2.05) is 0 Å². The maximum absolute atomic E-state index is 6.15. The highest BCUT2D eigenvalue weighted by Crippen LogP contribution is 2.39. The molecule has 2 atom stereocenters. The molecule has 1 saturated carbocycles. The fourth-order valence-electron chi connectivity index (χ4n) is 4.06. The summed E-state index contributed by atoms with van der Waals surface area (Å²) in [5.74, 6) is 0.920. The van der Waals surface area contributed by atoms with Crippen LogP contribution in [-0.4, -0.2) is 12.6 Å². The van der Waals surface area contributed by atoms with E-state index in [4.69, 9.17) is 5.73 Å². The molecule has 1 heterocycles. The maximum atomic E-state index is 6.15. The van der Waals surface area contributed by atoms with Gasteiger partial charge in [-0.25, -0.2) is 0 Å². The van der Waals surface area contributed by atoms with E-state index >= 15 is 0 Å². The molecular formula is C17H26N2. The Morgan fingerprint density at radius 1 is 1.11 bits per heavy atom. The van der Waals surface area contributed by atoms with Crippen LogP contribution in [0, 0.1) is 5.92 Å². The first kappa shape index (κ1) is 13.0. The highest BCUT2D eigenvalue weighted by Gasteiger charge is 2.34. The van der Waals surface area contributed by atoms with E-state index in [1.54, 1.807) is 0 Å². The van der Waals surface area contributed by atoms with Gasteiger partial charge in [-0.2, -0.15) is 0 Å². The first-order chi connectivity index (χ1) is 9.27. The molecule has 19 heavy (non-hydrogen) atoms. The number of hydrogen-bond acceptors (Lipinski definition) is 2. The van der Waals surface area contributed by atoms with E-state index in [0.29, 0.717) is 0 Å². The average molecular weight is 258 g/mol. The molecule has 0 radical (unpaired) electrons. The lowest BCUT2D eigenvalue weighted by Gasteiger charge is -2.33. The van der Waals surface area contributed by atoms with Gasteiger partial charge in [0.25, 0.3) is 0 Å². The maximum Gasteiger partial charge on any atom is 0.0417 e. The second-order valence-corrected chi connectivity index (χ2v) is 6.29. The predicted octanol–water partition coefficient (Wildman–Crippen LogP) is 3.87. The van der Waals surface area contributed by atoms with Crippen LogP contribution in [0.1, 0.15) is 57.1 Å². The summed E-state index contributed by atoms with van der Waals surface area (Å²) in [7, 11) is 0. The van der Waals surface area contributed by atoms with Gasteiger partial charge in [0.05, 0.1) is 0 Å². The van der Waals surface area contributed by atoms with Crippen molar-refractivity contribution in [3.63, 3.8) is 0 Å². The summed E-state index contributed by atoms with van der Waals surface area (Å²) in [6.07, 6.45) is 8.45. The zero-order chi connectivity index (χ0) is 13.2. The van der Waals surface area contributed by atoms with Crippen LogP contribution in [0.3, 0.4) is 0 Å². The summed E-state index contributed by atoms with van der Waals surface area (Å²) in [6, 6.07) is 9.63. The van der Waals surface area contributed by atoms with Gasteiger partial charge < -0.3 is 10.6 Å². The standard InChI is InChI=1S/C17H26N2/c1-13(18)15-9-4-5-10-17(15)19-12-6-11-16(19)14-7-2-3-8-14/h4-5,9-10,13-14,16H,2-3,6-8,11-12,18H2,1H3/t13-,16?/m0/s1. The number of benzene rings is 1. The Kier molecular flexibility index (Phi) is 3.79.